The van der Waals surface area contributed by atoms with Crippen molar-refractivity contribution in [1.29, 1.82) is 0 Å². The monoisotopic (exact) mass is 428 g/mol. The molecule has 2 aliphatic rings. The molecule has 0 bridgehead atoms. The largest absolute Gasteiger partial charge is 0.324 e. The number of carbonyl (C=O) groups is 3. The van der Waals surface area contributed by atoms with Crippen LogP contribution in [0.15, 0.2) is 58.9 Å². The number of benzene rings is 2. The first-order valence-electron chi connectivity index (χ1n) is 8.70. The molecular weight excluding hydrogens is 416 g/mol. The van der Waals surface area contributed by atoms with Crippen molar-refractivity contribution in [2.75, 3.05) is 16.8 Å². The molecule has 2 aromatic rings. The zero-order chi connectivity index (χ0) is 21.4. The van der Waals surface area contributed by atoms with Gasteiger partial charge in [-0.3, -0.25) is 29.5 Å². The Kier molecular flexibility index (Phi) is 4.88. The number of anilines is 2. The van der Waals surface area contributed by atoms with Crippen LogP contribution in [0, 0.1) is 10.1 Å². The number of nitrogens with zero attached hydrogens (tertiary/aromatic N) is 5. The van der Waals surface area contributed by atoms with Gasteiger partial charge in [-0.15, -0.1) is 0 Å². The maximum absolute atomic E-state index is 12.9. The van der Waals surface area contributed by atoms with Crippen molar-refractivity contribution in [3.05, 3.63) is 63.7 Å². The van der Waals surface area contributed by atoms with Gasteiger partial charge in [0.2, 0.25) is 5.91 Å². The molecule has 0 radical (unpaired) electrons. The molecule has 2 aromatic carbocycles. The van der Waals surface area contributed by atoms with E-state index in [4.69, 9.17) is 11.6 Å². The molecule has 2 aliphatic heterocycles. The summed E-state index contributed by atoms with van der Waals surface area (Å²) in [7, 11) is 0. The van der Waals surface area contributed by atoms with Gasteiger partial charge >= 0.3 is 0 Å². The minimum atomic E-state index is -1.07. The van der Waals surface area contributed by atoms with Crippen molar-refractivity contribution in [1.82, 2.24) is 5.01 Å². The number of fused-ring (bicyclic) bond motifs is 1. The Labute approximate surface area is 174 Å². The number of imide groups is 1. The van der Waals surface area contributed by atoms with E-state index in [9.17, 15) is 24.5 Å². The van der Waals surface area contributed by atoms with Crippen molar-refractivity contribution >= 4 is 46.4 Å². The second-order valence-corrected chi connectivity index (χ2v) is 6.97. The van der Waals surface area contributed by atoms with Gasteiger partial charge in [-0.1, -0.05) is 16.8 Å². The normalized spacial score (nSPS) is 19.9. The zero-order valence-corrected chi connectivity index (χ0v) is 15.9. The van der Waals surface area contributed by atoms with Crippen LogP contribution in [0.25, 0.3) is 0 Å². The smallest absolute Gasteiger partial charge is 0.269 e. The van der Waals surface area contributed by atoms with Crippen LogP contribution in [0.2, 0.25) is 5.02 Å². The van der Waals surface area contributed by atoms with E-state index < -0.39 is 34.7 Å². The fraction of sp³-hybridized carbons (Fsp3) is 0.167. The SMILES string of the molecule is O=C(CN1N=N[C@@H]2C(=O)N(c3ccc([N+](=O)[O-])cc3)C(=O)[C@H]21)Nc1ccc(Cl)cc1. The van der Waals surface area contributed by atoms with E-state index in [0.717, 1.165) is 9.91 Å². The molecule has 0 aliphatic carbocycles. The number of nitro groups is 1. The Bertz CT molecular complexity index is 1070. The molecule has 4 rings (SSSR count). The van der Waals surface area contributed by atoms with E-state index in [1.807, 2.05) is 0 Å². The second-order valence-electron chi connectivity index (χ2n) is 6.53. The molecule has 30 heavy (non-hydrogen) atoms. The van der Waals surface area contributed by atoms with E-state index in [-0.39, 0.29) is 17.9 Å². The number of carbonyl (C=O) groups excluding carboxylic acids is 3. The highest BCUT2D eigenvalue weighted by Gasteiger charge is 2.55. The lowest BCUT2D eigenvalue weighted by atomic mass is 10.1. The maximum atomic E-state index is 12.9. The highest BCUT2D eigenvalue weighted by Crippen LogP contribution is 2.32. The van der Waals surface area contributed by atoms with Crippen LogP contribution < -0.4 is 10.2 Å². The molecule has 152 valence electrons. The lowest BCUT2D eigenvalue weighted by molar-refractivity contribution is -0.384. The number of hydrogen-bond acceptors (Lipinski definition) is 8. The molecule has 0 spiro atoms. The van der Waals surface area contributed by atoms with Gasteiger partial charge in [0.25, 0.3) is 17.5 Å². The summed E-state index contributed by atoms with van der Waals surface area (Å²) in [6.45, 7) is -0.291. The fourth-order valence-corrected chi connectivity index (χ4v) is 3.34. The van der Waals surface area contributed by atoms with Gasteiger partial charge in [-0.2, -0.15) is 5.11 Å². The van der Waals surface area contributed by atoms with Crippen molar-refractivity contribution in [3.8, 4) is 0 Å². The predicted octanol–water partition coefficient (Wildman–Crippen LogP) is 2.18. The summed E-state index contributed by atoms with van der Waals surface area (Å²) in [6, 6.07) is 9.36. The predicted molar refractivity (Wildman–Crippen MR) is 105 cm³/mol. The van der Waals surface area contributed by atoms with Crippen molar-refractivity contribution < 1.29 is 19.3 Å². The topological polar surface area (TPSA) is 138 Å². The molecule has 1 saturated heterocycles. The quantitative estimate of drug-likeness (QED) is 0.440. The third-order valence-electron chi connectivity index (χ3n) is 4.61. The average molecular weight is 429 g/mol. The second kappa shape index (κ2) is 7.52. The molecule has 0 aromatic heterocycles. The number of nitro benzene ring substituents is 1. The molecule has 2 heterocycles. The van der Waals surface area contributed by atoms with Crippen LogP contribution in [0.4, 0.5) is 17.1 Å². The van der Waals surface area contributed by atoms with E-state index in [1.54, 1.807) is 24.3 Å². The molecule has 1 fully saturated rings. The van der Waals surface area contributed by atoms with Crippen LogP contribution in [0.1, 0.15) is 0 Å². The van der Waals surface area contributed by atoms with E-state index in [0.29, 0.717) is 10.7 Å². The van der Waals surface area contributed by atoms with Crippen LogP contribution in [-0.4, -0.2) is 46.3 Å². The highest BCUT2D eigenvalue weighted by atomic mass is 35.5. The van der Waals surface area contributed by atoms with Gasteiger partial charge in [0.1, 0.15) is 6.54 Å². The summed E-state index contributed by atoms with van der Waals surface area (Å²) in [5.74, 6) is -1.67. The minimum Gasteiger partial charge on any atom is -0.324 e. The number of amides is 3. The number of rotatable bonds is 5. The number of halogens is 1. The Morgan fingerprint density at radius 2 is 1.77 bits per heavy atom. The third-order valence-corrected chi connectivity index (χ3v) is 4.86. The molecule has 0 unspecified atom stereocenters. The molecule has 1 N–H and O–H groups in total. The van der Waals surface area contributed by atoms with Crippen LogP contribution in [0.5, 0.6) is 0 Å². The van der Waals surface area contributed by atoms with Crippen LogP contribution in [-0.2, 0) is 14.4 Å². The van der Waals surface area contributed by atoms with Gasteiger partial charge in [0.15, 0.2) is 12.1 Å². The van der Waals surface area contributed by atoms with Gasteiger partial charge in [0.05, 0.1) is 10.6 Å². The van der Waals surface area contributed by atoms with Crippen molar-refractivity contribution in [3.63, 3.8) is 0 Å². The summed E-state index contributed by atoms with van der Waals surface area (Å²) in [6.07, 6.45) is 0. The maximum Gasteiger partial charge on any atom is 0.269 e. The van der Waals surface area contributed by atoms with Gasteiger partial charge in [0, 0.05) is 22.8 Å². The molecular formula is C18H13ClN6O5. The van der Waals surface area contributed by atoms with Crippen molar-refractivity contribution in [2.24, 2.45) is 10.3 Å². The third kappa shape index (κ3) is 3.46. The summed E-state index contributed by atoms with van der Waals surface area (Å²) < 4.78 is 0. The summed E-state index contributed by atoms with van der Waals surface area (Å²) in [5.41, 5.74) is 0.530. The zero-order valence-electron chi connectivity index (χ0n) is 15.1. The Morgan fingerprint density at radius 3 is 2.40 bits per heavy atom. The number of hydrogen-bond donors (Lipinski definition) is 1. The molecule has 12 heteroatoms. The fourth-order valence-electron chi connectivity index (χ4n) is 3.21. The first-order chi connectivity index (χ1) is 14.3. The molecule has 3 amide bonds. The van der Waals surface area contributed by atoms with Crippen molar-refractivity contribution in [2.45, 2.75) is 12.1 Å². The Hall–Kier alpha value is -3.86. The average Bonchev–Trinajstić information content (AvgIpc) is 3.23. The summed E-state index contributed by atoms with van der Waals surface area (Å²) in [5, 5.41) is 22.8. The van der Waals surface area contributed by atoms with Crippen LogP contribution in [0.3, 0.4) is 0 Å². The summed E-state index contributed by atoms with van der Waals surface area (Å²) in [4.78, 5) is 49.0. The lowest BCUT2D eigenvalue weighted by Gasteiger charge is -2.20. The van der Waals surface area contributed by atoms with E-state index >= 15 is 0 Å². The molecule has 2 atom stereocenters. The van der Waals surface area contributed by atoms with Crippen LogP contribution >= 0.6 is 11.6 Å². The Balaban J connectivity index is 1.48. The van der Waals surface area contributed by atoms with Gasteiger partial charge in [-0.25, -0.2) is 4.90 Å². The molecule has 0 saturated carbocycles. The van der Waals surface area contributed by atoms with Gasteiger partial charge in [-0.05, 0) is 36.4 Å². The van der Waals surface area contributed by atoms with E-state index in [2.05, 4.69) is 15.7 Å². The highest BCUT2D eigenvalue weighted by molar-refractivity contribution is 6.30. The lowest BCUT2D eigenvalue weighted by Crippen LogP contribution is -2.43. The molecule has 11 nitrogen and oxygen atoms in total. The van der Waals surface area contributed by atoms with E-state index in [1.165, 1.54) is 24.3 Å². The Morgan fingerprint density at radius 1 is 1.10 bits per heavy atom. The summed E-state index contributed by atoms with van der Waals surface area (Å²) >= 11 is 5.81. The first-order valence-corrected chi connectivity index (χ1v) is 9.08. The van der Waals surface area contributed by atoms with Gasteiger partial charge < -0.3 is 5.32 Å². The number of nitrogens with one attached hydrogen (secondary N) is 1. The standard InChI is InChI=1S/C18H13ClN6O5/c19-10-1-3-11(4-2-10)20-14(26)9-23-16-15(21-22-23)17(27)24(18(16)28)12-5-7-13(8-6-12)25(29)30/h1-8,15-16H,9H2,(H,20,26)/t15-,16-/m0/s1. The number of non-ortho nitro benzene ring substituents is 1. The minimum absolute atomic E-state index is 0.168. The first kappa shape index (κ1) is 19.5.